The summed E-state index contributed by atoms with van der Waals surface area (Å²) in [4.78, 5) is 24.5. The van der Waals surface area contributed by atoms with E-state index in [1.807, 2.05) is 0 Å². The van der Waals surface area contributed by atoms with Crippen LogP contribution >= 0.6 is 0 Å². The molecule has 0 unspecified atom stereocenters. The molecule has 2 fully saturated rings. The summed E-state index contributed by atoms with van der Waals surface area (Å²) < 4.78 is 5.82. The molecule has 38 heavy (non-hydrogen) atoms. The second-order valence-corrected chi connectivity index (χ2v) is 14.8. The van der Waals surface area contributed by atoms with Crippen LogP contribution in [0.25, 0.3) is 0 Å². The molecule has 0 bridgehead atoms. The van der Waals surface area contributed by atoms with Gasteiger partial charge in [-0.3, -0.25) is 9.59 Å². The Hall–Kier alpha value is -1.62. The number of carboxylic acids is 1. The van der Waals surface area contributed by atoms with Crippen LogP contribution in [0.1, 0.15) is 113 Å². The molecular formula is C33H52O5. The minimum absolute atomic E-state index is 0.0440. The zero-order chi connectivity index (χ0) is 28.4. The number of carboxylic acid groups (broad SMARTS) is 1. The molecule has 4 aliphatic carbocycles. The van der Waals surface area contributed by atoms with Crippen LogP contribution in [0.2, 0.25) is 0 Å². The molecule has 8 atom stereocenters. The van der Waals surface area contributed by atoms with Crippen LogP contribution in [-0.4, -0.2) is 34.4 Å². The van der Waals surface area contributed by atoms with Crippen LogP contribution in [0.4, 0.5) is 0 Å². The van der Waals surface area contributed by atoms with Crippen LogP contribution in [-0.2, 0) is 14.3 Å². The number of hydrogen-bond acceptors (Lipinski definition) is 4. The van der Waals surface area contributed by atoms with E-state index in [-0.39, 0.29) is 39.7 Å². The molecule has 5 heteroatoms. The molecule has 214 valence electrons. The van der Waals surface area contributed by atoms with E-state index in [4.69, 9.17) is 4.74 Å². The van der Waals surface area contributed by atoms with Crippen molar-refractivity contribution < 1.29 is 24.5 Å². The van der Waals surface area contributed by atoms with E-state index in [0.717, 1.165) is 44.1 Å². The number of hydrogen-bond donors (Lipinski definition) is 2. The molecule has 0 aromatic rings. The highest BCUT2D eigenvalue weighted by molar-refractivity contribution is 5.71. The van der Waals surface area contributed by atoms with E-state index in [0.29, 0.717) is 31.1 Å². The average Bonchev–Trinajstić information content (AvgIpc) is 3.01. The highest BCUT2D eigenvalue weighted by Crippen LogP contribution is 2.72. The molecule has 0 aromatic carbocycles. The number of aliphatic hydroxyl groups is 1. The fourth-order valence-corrected chi connectivity index (χ4v) is 9.98. The molecule has 2 N–H and O–H groups in total. The van der Waals surface area contributed by atoms with E-state index >= 15 is 0 Å². The van der Waals surface area contributed by atoms with E-state index in [2.05, 4.69) is 55.0 Å². The summed E-state index contributed by atoms with van der Waals surface area (Å²) in [6, 6.07) is 0. The fraction of sp³-hybridized carbons (Fsp3) is 0.818. The van der Waals surface area contributed by atoms with Crippen molar-refractivity contribution in [1.82, 2.24) is 0 Å². The van der Waals surface area contributed by atoms with Crippen molar-refractivity contribution >= 4 is 11.9 Å². The van der Waals surface area contributed by atoms with Crippen molar-refractivity contribution in [1.29, 1.82) is 0 Å². The molecule has 0 amide bonds. The lowest BCUT2D eigenvalue weighted by Crippen LogP contribution is -2.56. The topological polar surface area (TPSA) is 83.8 Å². The maximum Gasteiger partial charge on any atom is 0.306 e. The summed E-state index contributed by atoms with van der Waals surface area (Å²) >= 11 is 0. The Labute approximate surface area is 230 Å². The lowest BCUT2D eigenvalue weighted by atomic mass is 9.43. The summed E-state index contributed by atoms with van der Waals surface area (Å²) in [5, 5.41) is 22.0. The molecule has 4 rings (SSSR count). The first kappa shape index (κ1) is 29.4. The van der Waals surface area contributed by atoms with Gasteiger partial charge in [0.2, 0.25) is 0 Å². The smallest absolute Gasteiger partial charge is 0.306 e. The van der Waals surface area contributed by atoms with Gasteiger partial charge in [0.25, 0.3) is 0 Å². The Kier molecular flexibility index (Phi) is 7.56. The number of allylic oxidation sites excluding steroid dienone is 3. The van der Waals surface area contributed by atoms with Crippen LogP contribution in [0.5, 0.6) is 0 Å². The molecule has 5 nitrogen and oxygen atoms in total. The number of esters is 1. The summed E-state index contributed by atoms with van der Waals surface area (Å²) in [7, 11) is 0. The molecule has 0 spiro atoms. The van der Waals surface area contributed by atoms with Crippen LogP contribution in [0.3, 0.4) is 0 Å². The predicted molar refractivity (Wildman–Crippen MR) is 150 cm³/mol. The molecule has 0 saturated heterocycles. The SMILES string of the molecule is C=C(CC[C@@H](C(=O)O)[C@@H]1[C@H](O)C[C@@]2(C)C3=C(CC[C@]12C)[C@@]1(C)CC[C@H](OC(C)=O)C(C)(C)[C@@H]1CC3)C(C)C. The van der Waals surface area contributed by atoms with Crippen LogP contribution < -0.4 is 0 Å². The number of fused-ring (bicyclic) bond motifs is 4. The monoisotopic (exact) mass is 528 g/mol. The van der Waals surface area contributed by atoms with Gasteiger partial charge < -0.3 is 14.9 Å². The van der Waals surface area contributed by atoms with Gasteiger partial charge in [-0.15, -0.1) is 0 Å². The highest BCUT2D eigenvalue weighted by Gasteiger charge is 2.66. The Morgan fingerprint density at radius 3 is 2.29 bits per heavy atom. The number of rotatable bonds is 7. The number of ether oxygens (including phenoxy) is 1. The van der Waals surface area contributed by atoms with Crippen LogP contribution in [0, 0.1) is 45.3 Å². The van der Waals surface area contributed by atoms with E-state index in [9.17, 15) is 19.8 Å². The van der Waals surface area contributed by atoms with Crippen molar-refractivity contribution in [2.45, 2.75) is 125 Å². The largest absolute Gasteiger partial charge is 0.481 e. The second kappa shape index (κ2) is 9.78. The number of carbonyl (C=O) groups is 2. The maximum atomic E-state index is 12.6. The number of carbonyl (C=O) groups excluding carboxylic acids is 1. The first-order chi connectivity index (χ1) is 17.5. The first-order valence-electron chi connectivity index (χ1n) is 15.0. The van der Waals surface area contributed by atoms with Crippen molar-refractivity contribution in [3.8, 4) is 0 Å². The van der Waals surface area contributed by atoms with Gasteiger partial charge in [-0.25, -0.2) is 0 Å². The molecule has 0 radical (unpaired) electrons. The molecule has 4 aliphatic rings. The van der Waals surface area contributed by atoms with Gasteiger partial charge in [-0.1, -0.05) is 71.8 Å². The Morgan fingerprint density at radius 1 is 1.05 bits per heavy atom. The van der Waals surface area contributed by atoms with Crippen LogP contribution in [0.15, 0.2) is 23.3 Å². The molecule has 0 aromatic heterocycles. The van der Waals surface area contributed by atoms with Gasteiger partial charge in [0.05, 0.1) is 12.0 Å². The Bertz CT molecular complexity index is 1020. The zero-order valence-corrected chi connectivity index (χ0v) is 25.2. The van der Waals surface area contributed by atoms with Gasteiger partial charge in [-0.2, -0.15) is 0 Å². The standard InChI is InChI=1S/C33H52O5/c1-19(2)20(3)10-11-22(29(36)37)28-25(35)18-33(9)24-12-13-26-30(5,6)27(38-21(4)34)15-16-31(26,7)23(24)14-17-32(28,33)8/h19,22,25-28,35H,3,10-18H2,1-2,4-9H3,(H,36,37)/t22-,25-,26+,27+,28-,31-,32-,33+/m1/s1. The van der Waals surface area contributed by atoms with E-state index in [1.165, 1.54) is 12.5 Å². The highest BCUT2D eigenvalue weighted by atomic mass is 16.5. The van der Waals surface area contributed by atoms with Crippen molar-refractivity contribution in [3.05, 3.63) is 23.3 Å². The van der Waals surface area contributed by atoms with Gasteiger partial charge in [0.1, 0.15) is 6.10 Å². The lowest BCUT2D eigenvalue weighted by molar-refractivity contribution is -0.167. The third kappa shape index (κ3) is 4.30. The quantitative estimate of drug-likeness (QED) is 0.267. The molecular weight excluding hydrogens is 476 g/mol. The average molecular weight is 529 g/mol. The summed E-state index contributed by atoms with van der Waals surface area (Å²) in [6.07, 6.45) is 6.98. The summed E-state index contributed by atoms with van der Waals surface area (Å²) in [5.74, 6) is -1.05. The number of aliphatic carboxylic acids is 1. The third-order valence-electron chi connectivity index (χ3n) is 12.4. The normalized spacial score (nSPS) is 40.7. The van der Waals surface area contributed by atoms with E-state index < -0.39 is 18.0 Å². The second-order valence-electron chi connectivity index (χ2n) is 14.8. The van der Waals surface area contributed by atoms with Crippen molar-refractivity contribution in [2.24, 2.45) is 45.3 Å². The number of aliphatic hydroxyl groups excluding tert-OH is 1. The zero-order valence-electron chi connectivity index (χ0n) is 25.2. The van der Waals surface area contributed by atoms with Gasteiger partial charge in [0.15, 0.2) is 0 Å². The third-order valence-corrected chi connectivity index (χ3v) is 12.4. The molecule has 0 aliphatic heterocycles. The lowest BCUT2D eigenvalue weighted by Gasteiger charge is -2.62. The van der Waals surface area contributed by atoms with Crippen molar-refractivity contribution in [2.75, 3.05) is 0 Å². The van der Waals surface area contributed by atoms with Gasteiger partial charge in [-0.05, 0) is 85.9 Å². The van der Waals surface area contributed by atoms with Gasteiger partial charge in [0, 0.05) is 18.3 Å². The molecule has 0 heterocycles. The Balaban J connectivity index is 1.69. The van der Waals surface area contributed by atoms with Gasteiger partial charge >= 0.3 is 11.9 Å². The predicted octanol–water partition coefficient (Wildman–Crippen LogP) is 7.33. The minimum atomic E-state index is -0.780. The Morgan fingerprint density at radius 2 is 1.71 bits per heavy atom. The minimum Gasteiger partial charge on any atom is -0.481 e. The maximum absolute atomic E-state index is 12.6. The fourth-order valence-electron chi connectivity index (χ4n) is 9.98. The first-order valence-corrected chi connectivity index (χ1v) is 15.0. The summed E-state index contributed by atoms with van der Waals surface area (Å²) in [6.45, 7) is 21.5. The van der Waals surface area contributed by atoms with E-state index in [1.54, 1.807) is 5.57 Å². The van der Waals surface area contributed by atoms with Crippen molar-refractivity contribution in [3.63, 3.8) is 0 Å². The summed E-state index contributed by atoms with van der Waals surface area (Å²) in [5.41, 5.74) is 3.62. The molecule has 2 saturated carbocycles.